The van der Waals surface area contributed by atoms with E-state index in [9.17, 15) is 19.8 Å². The Bertz CT molecular complexity index is 928. The van der Waals surface area contributed by atoms with Gasteiger partial charge in [0.1, 0.15) is 0 Å². The van der Waals surface area contributed by atoms with E-state index in [0.717, 1.165) is 38.5 Å². The van der Waals surface area contributed by atoms with E-state index in [1.807, 2.05) is 0 Å². The van der Waals surface area contributed by atoms with Gasteiger partial charge < -0.3 is 20.3 Å². The average Bonchev–Trinajstić information content (AvgIpc) is 3.31. The Balaban J connectivity index is 3.32. The summed E-state index contributed by atoms with van der Waals surface area (Å²) >= 11 is 0. The fraction of sp³-hybridized carbons (Fsp3) is 0.966. The highest BCUT2D eigenvalue weighted by molar-refractivity contribution is 5.76. The van der Waals surface area contributed by atoms with Gasteiger partial charge in [0, 0.05) is 12.8 Å². The maximum Gasteiger partial charge on any atom is 0.305 e. The highest BCUT2D eigenvalue weighted by atomic mass is 16.5. The zero-order valence-corrected chi connectivity index (χ0v) is 44.3. The van der Waals surface area contributed by atoms with Crippen LogP contribution in [-0.4, -0.2) is 47.4 Å². The Labute approximate surface area is 406 Å². The number of aliphatic hydroxyl groups is 2. The van der Waals surface area contributed by atoms with E-state index in [1.54, 1.807) is 0 Å². The molecular weight excluding hydrogens is 803 g/mol. The Morgan fingerprint density at radius 2 is 0.631 bits per heavy atom. The van der Waals surface area contributed by atoms with Gasteiger partial charge in [0.15, 0.2) is 0 Å². The monoisotopic (exact) mass is 920 g/mol. The van der Waals surface area contributed by atoms with Crippen LogP contribution in [0.4, 0.5) is 0 Å². The zero-order valence-electron chi connectivity index (χ0n) is 44.3. The maximum atomic E-state index is 12.4. The van der Waals surface area contributed by atoms with Crippen LogP contribution in [0.5, 0.6) is 0 Å². The third kappa shape index (κ3) is 52.1. The minimum atomic E-state index is -0.662. The Kier molecular flexibility index (Phi) is 54.5. The molecule has 0 bridgehead atoms. The predicted molar refractivity (Wildman–Crippen MR) is 283 cm³/mol. The van der Waals surface area contributed by atoms with E-state index >= 15 is 0 Å². The topological polar surface area (TPSA) is 95.9 Å². The number of nitrogens with one attached hydrogen (secondary N) is 1. The summed E-state index contributed by atoms with van der Waals surface area (Å²) in [6.45, 7) is 4.96. The van der Waals surface area contributed by atoms with Crippen molar-refractivity contribution in [3.8, 4) is 0 Å². The van der Waals surface area contributed by atoms with E-state index in [2.05, 4.69) is 19.2 Å². The van der Waals surface area contributed by atoms with Crippen molar-refractivity contribution in [1.82, 2.24) is 5.32 Å². The van der Waals surface area contributed by atoms with Crippen molar-refractivity contribution >= 4 is 11.9 Å². The first-order valence-corrected chi connectivity index (χ1v) is 29.8. The summed E-state index contributed by atoms with van der Waals surface area (Å²) in [5, 5.41) is 23.1. The molecule has 6 heteroatoms. The molecule has 2 atom stereocenters. The molecule has 388 valence electrons. The second-order valence-corrected chi connectivity index (χ2v) is 20.7. The van der Waals surface area contributed by atoms with Gasteiger partial charge in [-0.05, 0) is 25.7 Å². The van der Waals surface area contributed by atoms with Crippen molar-refractivity contribution in [3.63, 3.8) is 0 Å². The van der Waals surface area contributed by atoms with E-state index in [4.69, 9.17) is 4.74 Å². The molecule has 0 aliphatic carbocycles. The second kappa shape index (κ2) is 55.5. The summed E-state index contributed by atoms with van der Waals surface area (Å²) < 4.78 is 5.50. The number of aliphatic hydroxyl groups excluding tert-OH is 2. The Hall–Kier alpha value is -1.14. The molecule has 0 aliphatic heterocycles. The zero-order chi connectivity index (χ0) is 47.2. The van der Waals surface area contributed by atoms with E-state index in [1.165, 1.54) is 270 Å². The van der Waals surface area contributed by atoms with Gasteiger partial charge in [0.05, 0.1) is 25.4 Å². The van der Waals surface area contributed by atoms with Gasteiger partial charge in [0.25, 0.3) is 0 Å². The molecule has 0 fully saturated rings. The van der Waals surface area contributed by atoms with Crippen LogP contribution in [0.3, 0.4) is 0 Å². The lowest BCUT2D eigenvalue weighted by Crippen LogP contribution is -2.45. The highest BCUT2D eigenvalue weighted by Crippen LogP contribution is 2.18. The lowest BCUT2D eigenvalue weighted by Gasteiger charge is -2.22. The number of esters is 1. The van der Waals surface area contributed by atoms with Crippen LogP contribution in [0.25, 0.3) is 0 Å². The summed E-state index contributed by atoms with van der Waals surface area (Å²) in [6, 6.07) is -0.539. The Morgan fingerprint density at radius 1 is 0.369 bits per heavy atom. The molecule has 0 aromatic rings. The van der Waals surface area contributed by atoms with E-state index in [-0.39, 0.29) is 18.5 Å². The van der Waals surface area contributed by atoms with E-state index < -0.39 is 12.1 Å². The standard InChI is InChI=1S/C59H117NO5/c1-3-5-7-9-11-13-14-15-16-17-20-24-27-30-33-37-41-45-49-53-59(64)65-54-50-46-42-38-34-31-28-25-22-19-18-21-23-26-29-32-36-40-44-48-52-58(63)60-56(55-61)57(62)51-47-43-39-35-12-10-8-6-4-2/h56-57,61-62H,3-55H2,1-2H3,(H,60,63). The second-order valence-electron chi connectivity index (χ2n) is 20.7. The quantitative estimate of drug-likeness (QED) is 0.0417. The van der Waals surface area contributed by atoms with Crippen molar-refractivity contribution in [3.05, 3.63) is 0 Å². The molecule has 0 heterocycles. The van der Waals surface area contributed by atoms with Gasteiger partial charge in [-0.2, -0.15) is 0 Å². The molecule has 0 aromatic carbocycles. The molecule has 0 aliphatic rings. The summed E-state index contributed by atoms with van der Waals surface area (Å²) in [6.07, 6.45) is 64.0. The molecule has 6 nitrogen and oxygen atoms in total. The smallest absolute Gasteiger partial charge is 0.305 e. The van der Waals surface area contributed by atoms with Crippen LogP contribution < -0.4 is 5.32 Å². The molecule has 3 N–H and O–H groups in total. The molecule has 0 spiro atoms. The number of hydrogen-bond donors (Lipinski definition) is 3. The van der Waals surface area contributed by atoms with Crippen LogP contribution in [0.1, 0.15) is 341 Å². The van der Waals surface area contributed by atoms with Crippen LogP contribution in [0.2, 0.25) is 0 Å². The molecule has 0 saturated carbocycles. The number of ether oxygens (including phenoxy) is 1. The molecule has 0 aromatic heterocycles. The highest BCUT2D eigenvalue weighted by Gasteiger charge is 2.20. The number of unbranched alkanes of at least 4 members (excludes halogenated alkanes) is 45. The minimum absolute atomic E-state index is 0.0160. The molecule has 0 saturated heterocycles. The van der Waals surface area contributed by atoms with Crippen molar-refractivity contribution in [2.45, 2.75) is 353 Å². The van der Waals surface area contributed by atoms with Gasteiger partial charge in [-0.25, -0.2) is 0 Å². The Morgan fingerprint density at radius 3 is 0.938 bits per heavy atom. The minimum Gasteiger partial charge on any atom is -0.466 e. The molecule has 1 amide bonds. The van der Waals surface area contributed by atoms with Gasteiger partial charge in [-0.3, -0.25) is 9.59 Å². The lowest BCUT2D eigenvalue weighted by molar-refractivity contribution is -0.143. The van der Waals surface area contributed by atoms with Crippen LogP contribution in [-0.2, 0) is 14.3 Å². The van der Waals surface area contributed by atoms with Crippen LogP contribution in [0, 0.1) is 0 Å². The predicted octanol–water partition coefficient (Wildman–Crippen LogP) is 18.3. The number of hydrogen-bond acceptors (Lipinski definition) is 5. The SMILES string of the molecule is CCCCCCCCCCCCCCCCCCCCCC(=O)OCCCCCCCCCCCCCCCCCCCCCCC(=O)NC(CO)C(O)CCCCCCCCCCC. The third-order valence-corrected chi connectivity index (χ3v) is 14.2. The first kappa shape index (κ1) is 63.9. The molecule has 0 radical (unpaired) electrons. The first-order valence-electron chi connectivity index (χ1n) is 29.8. The largest absolute Gasteiger partial charge is 0.466 e. The summed E-state index contributed by atoms with van der Waals surface area (Å²) in [5.74, 6) is -0.0214. The van der Waals surface area contributed by atoms with Gasteiger partial charge in [0.2, 0.25) is 5.91 Å². The van der Waals surface area contributed by atoms with Crippen molar-refractivity contribution < 1.29 is 24.5 Å². The molecule has 65 heavy (non-hydrogen) atoms. The normalized spacial score (nSPS) is 12.5. The van der Waals surface area contributed by atoms with E-state index in [0.29, 0.717) is 25.9 Å². The first-order chi connectivity index (χ1) is 32.0. The van der Waals surface area contributed by atoms with Crippen LogP contribution in [0.15, 0.2) is 0 Å². The average molecular weight is 921 g/mol. The number of rotatable bonds is 56. The molecular formula is C59H117NO5. The fourth-order valence-electron chi connectivity index (χ4n) is 9.58. The number of carbonyl (C=O) groups is 2. The van der Waals surface area contributed by atoms with Crippen molar-refractivity contribution in [2.24, 2.45) is 0 Å². The van der Waals surface area contributed by atoms with Gasteiger partial charge >= 0.3 is 5.97 Å². The third-order valence-electron chi connectivity index (χ3n) is 14.2. The number of carbonyl (C=O) groups excluding carboxylic acids is 2. The van der Waals surface area contributed by atoms with Gasteiger partial charge in [-0.1, -0.05) is 303 Å². The van der Waals surface area contributed by atoms with Crippen molar-refractivity contribution in [2.75, 3.05) is 13.2 Å². The fourth-order valence-corrected chi connectivity index (χ4v) is 9.58. The van der Waals surface area contributed by atoms with Crippen LogP contribution >= 0.6 is 0 Å². The summed E-state index contributed by atoms with van der Waals surface area (Å²) in [5.41, 5.74) is 0. The molecule has 2 unspecified atom stereocenters. The summed E-state index contributed by atoms with van der Waals surface area (Å²) in [4.78, 5) is 24.5. The number of amides is 1. The lowest BCUT2D eigenvalue weighted by atomic mass is 10.0. The van der Waals surface area contributed by atoms with Gasteiger partial charge in [-0.15, -0.1) is 0 Å². The molecule has 0 rings (SSSR count). The summed E-state index contributed by atoms with van der Waals surface area (Å²) in [7, 11) is 0. The van der Waals surface area contributed by atoms with Crippen molar-refractivity contribution in [1.29, 1.82) is 0 Å². The maximum absolute atomic E-state index is 12.4.